The summed E-state index contributed by atoms with van der Waals surface area (Å²) >= 11 is 4.01. The van der Waals surface area contributed by atoms with E-state index in [4.69, 9.17) is 16.6 Å². The highest BCUT2D eigenvalue weighted by atomic mass is 32.1. The summed E-state index contributed by atoms with van der Waals surface area (Å²) in [6.45, 7) is -0.671. The number of carboxylic acid groups (broad SMARTS) is 1. The Hall–Kier alpha value is -0.820. The van der Waals surface area contributed by atoms with Crippen LogP contribution in [0.25, 0.3) is 0 Å². The first-order valence-corrected chi connectivity index (χ1v) is 4.53. The second kappa shape index (κ2) is 6.61. The largest absolute Gasteiger partial charge is 0.480 e. The fraction of sp³-hybridized carbons (Fsp3) is 0.714. The third kappa shape index (κ3) is 4.43. The quantitative estimate of drug-likeness (QED) is 0.275. The first-order chi connectivity index (χ1) is 6.52. The molecule has 0 amide bonds. The molecule has 5 N–H and O–H groups in total. The smallest absolute Gasteiger partial charge is 0.329 e. The molecule has 14 heavy (non-hydrogen) atoms. The minimum Gasteiger partial charge on any atom is -0.480 e. The van der Waals surface area contributed by atoms with Crippen LogP contribution in [0.3, 0.4) is 0 Å². The van der Waals surface area contributed by atoms with Crippen LogP contribution in [0.1, 0.15) is 6.42 Å². The molecule has 2 atom stereocenters. The van der Waals surface area contributed by atoms with Crippen LogP contribution in [0, 0.1) is 0 Å². The van der Waals surface area contributed by atoms with Gasteiger partial charge < -0.3 is 16.6 Å². The maximum absolute atomic E-state index is 12.0. The number of hydrogen-bond donors (Lipinski definition) is 4. The molecule has 1 unspecified atom stereocenters. The van der Waals surface area contributed by atoms with E-state index in [0.717, 1.165) is 0 Å². The van der Waals surface area contributed by atoms with E-state index in [1.54, 1.807) is 0 Å². The number of carboxylic acids is 1. The lowest BCUT2D eigenvalue weighted by Crippen LogP contribution is -2.33. The summed E-state index contributed by atoms with van der Waals surface area (Å²) in [6.07, 6.45) is 0.378. The number of nitrogens with two attached hydrogens (primary N) is 2. The zero-order chi connectivity index (χ0) is 11.1. The van der Waals surface area contributed by atoms with E-state index in [-0.39, 0.29) is 5.84 Å². The van der Waals surface area contributed by atoms with Gasteiger partial charge in [-0.15, -0.1) is 0 Å². The summed E-state index contributed by atoms with van der Waals surface area (Å²) in [5.41, 5.74) is 10.3. The van der Waals surface area contributed by atoms with Crippen LogP contribution in [-0.2, 0) is 4.79 Å². The Balaban J connectivity index is 4.51. The number of hydrogen-bond acceptors (Lipinski definition) is 4. The first-order valence-electron chi connectivity index (χ1n) is 4.02. The lowest BCUT2D eigenvalue weighted by Gasteiger charge is -2.14. The Labute approximate surface area is 86.8 Å². The van der Waals surface area contributed by atoms with E-state index in [2.05, 4.69) is 17.6 Å². The molecule has 5 nitrogen and oxygen atoms in total. The van der Waals surface area contributed by atoms with E-state index < -0.39 is 23.9 Å². The van der Waals surface area contributed by atoms with E-state index >= 15 is 0 Å². The summed E-state index contributed by atoms with van der Waals surface area (Å²) in [5.74, 6) is -1.52. The molecule has 0 spiro atoms. The van der Waals surface area contributed by atoms with Crippen molar-refractivity contribution < 1.29 is 14.3 Å². The van der Waals surface area contributed by atoms with Crippen molar-refractivity contribution in [2.24, 2.45) is 16.5 Å². The van der Waals surface area contributed by atoms with Crippen LogP contribution in [0.2, 0.25) is 0 Å². The normalized spacial score (nSPS) is 16.4. The highest BCUT2D eigenvalue weighted by Gasteiger charge is 2.24. The summed E-state index contributed by atoms with van der Waals surface area (Å²) in [5, 5.41) is 8.19. The molecule has 0 bridgehead atoms. The highest BCUT2D eigenvalue weighted by molar-refractivity contribution is 7.81. The highest BCUT2D eigenvalue weighted by Crippen LogP contribution is 2.10. The van der Waals surface area contributed by atoms with E-state index in [9.17, 15) is 9.18 Å². The Morgan fingerprint density at radius 1 is 1.64 bits per heavy atom. The maximum Gasteiger partial charge on any atom is 0.329 e. The summed E-state index contributed by atoms with van der Waals surface area (Å²) < 4.78 is 12.0. The summed E-state index contributed by atoms with van der Waals surface area (Å²) in [7, 11) is 0. The van der Waals surface area contributed by atoms with Crippen LogP contribution in [-0.4, -0.2) is 41.4 Å². The Bertz CT molecular complexity index is 225. The molecular weight excluding hydrogens is 209 g/mol. The average Bonchev–Trinajstić information content (AvgIpc) is 2.13. The molecule has 7 heteroatoms. The molecule has 0 rings (SSSR count). The van der Waals surface area contributed by atoms with Crippen molar-refractivity contribution in [2.45, 2.75) is 17.7 Å². The number of carbonyl (C=O) groups is 1. The molecule has 0 aliphatic rings. The van der Waals surface area contributed by atoms with Gasteiger partial charge in [0.25, 0.3) is 0 Å². The molecule has 0 aliphatic heterocycles. The number of alkyl halides is 1. The van der Waals surface area contributed by atoms with Crippen molar-refractivity contribution in [3.8, 4) is 0 Å². The van der Waals surface area contributed by atoms with Gasteiger partial charge in [0, 0.05) is 5.25 Å². The molecule has 0 aromatic rings. The third-order valence-electron chi connectivity index (χ3n) is 1.52. The van der Waals surface area contributed by atoms with Crippen LogP contribution in [0.4, 0.5) is 4.39 Å². The van der Waals surface area contributed by atoms with Gasteiger partial charge in [0.15, 0.2) is 6.04 Å². The topological polar surface area (TPSA) is 102 Å². The predicted octanol–water partition coefficient (Wildman–Crippen LogP) is -0.587. The van der Waals surface area contributed by atoms with Gasteiger partial charge in [-0.05, 0) is 13.0 Å². The minimum atomic E-state index is -1.19. The van der Waals surface area contributed by atoms with Gasteiger partial charge in [0.1, 0.15) is 12.5 Å². The Morgan fingerprint density at radius 2 is 2.21 bits per heavy atom. The Kier molecular flexibility index (Phi) is 6.22. The molecule has 0 aromatic carbocycles. The SMILES string of the molecule is NCCC(S)[C@H](N=C(N)CF)C(=O)O. The number of aliphatic imine (C=N–C) groups is 1. The number of thiol groups is 1. The molecule has 0 fully saturated rings. The van der Waals surface area contributed by atoms with Gasteiger partial charge in [-0.2, -0.15) is 12.6 Å². The number of nitrogens with zero attached hydrogens (tertiary/aromatic N) is 1. The van der Waals surface area contributed by atoms with Gasteiger partial charge in [-0.1, -0.05) is 0 Å². The number of aliphatic carboxylic acids is 1. The van der Waals surface area contributed by atoms with Crippen LogP contribution in [0.15, 0.2) is 4.99 Å². The van der Waals surface area contributed by atoms with Crippen molar-refractivity contribution in [3.05, 3.63) is 0 Å². The second-order valence-corrected chi connectivity index (χ2v) is 3.35. The molecule has 0 radical (unpaired) electrons. The lowest BCUT2D eigenvalue weighted by molar-refractivity contribution is -0.138. The van der Waals surface area contributed by atoms with Gasteiger partial charge in [0.05, 0.1) is 0 Å². The van der Waals surface area contributed by atoms with Gasteiger partial charge >= 0.3 is 5.97 Å². The third-order valence-corrected chi connectivity index (χ3v) is 2.06. The van der Waals surface area contributed by atoms with Crippen molar-refractivity contribution in [3.63, 3.8) is 0 Å². The summed E-state index contributed by atoms with van der Waals surface area (Å²) in [4.78, 5) is 14.2. The van der Waals surface area contributed by atoms with Crippen LogP contribution >= 0.6 is 12.6 Å². The van der Waals surface area contributed by atoms with Crippen molar-refractivity contribution in [2.75, 3.05) is 13.2 Å². The van der Waals surface area contributed by atoms with Gasteiger partial charge in [-0.3, -0.25) is 4.99 Å². The zero-order valence-electron chi connectivity index (χ0n) is 7.56. The molecule has 0 aromatic heterocycles. The van der Waals surface area contributed by atoms with Crippen molar-refractivity contribution >= 4 is 24.4 Å². The van der Waals surface area contributed by atoms with Crippen molar-refractivity contribution in [1.29, 1.82) is 0 Å². The fourth-order valence-electron chi connectivity index (χ4n) is 0.848. The molecule has 82 valence electrons. The molecule has 0 saturated carbocycles. The van der Waals surface area contributed by atoms with Gasteiger partial charge in [0.2, 0.25) is 0 Å². The molecule has 0 heterocycles. The average molecular weight is 223 g/mol. The van der Waals surface area contributed by atoms with Crippen molar-refractivity contribution in [1.82, 2.24) is 0 Å². The molecular formula is C7H14FN3O2S. The van der Waals surface area contributed by atoms with Gasteiger partial charge in [-0.25, -0.2) is 9.18 Å². The van der Waals surface area contributed by atoms with E-state index in [1.807, 2.05) is 0 Å². The predicted molar refractivity (Wildman–Crippen MR) is 55.5 cm³/mol. The monoisotopic (exact) mass is 223 g/mol. The number of halogens is 1. The van der Waals surface area contributed by atoms with E-state index in [0.29, 0.717) is 13.0 Å². The number of amidine groups is 1. The van der Waals surface area contributed by atoms with E-state index in [1.165, 1.54) is 0 Å². The lowest BCUT2D eigenvalue weighted by atomic mass is 10.1. The Morgan fingerprint density at radius 3 is 2.57 bits per heavy atom. The maximum atomic E-state index is 12.0. The first kappa shape index (κ1) is 13.2. The zero-order valence-corrected chi connectivity index (χ0v) is 8.45. The summed E-state index contributed by atoms with van der Waals surface area (Å²) in [6, 6.07) is -1.14. The standard InChI is InChI=1S/C7H14FN3O2S/c8-3-5(10)11-6(7(12)13)4(14)1-2-9/h4,6,14H,1-3,9H2,(H2,10,11)(H,12,13)/t4?,6-/m0/s1. The van der Waals surface area contributed by atoms with Crippen LogP contribution in [0.5, 0.6) is 0 Å². The second-order valence-electron chi connectivity index (χ2n) is 2.68. The molecule has 0 aliphatic carbocycles. The fourth-order valence-corrected chi connectivity index (χ4v) is 1.19. The minimum absolute atomic E-state index is 0.295. The molecule has 0 saturated heterocycles. The number of rotatable bonds is 6. The van der Waals surface area contributed by atoms with Crippen LogP contribution < -0.4 is 11.5 Å².